The maximum atomic E-state index is 12.3. The van der Waals surface area contributed by atoms with E-state index in [9.17, 15) is 28.1 Å². The zero-order valence-corrected chi connectivity index (χ0v) is 16.3. The highest BCUT2D eigenvalue weighted by Gasteiger charge is 2.22. The zero-order chi connectivity index (χ0) is 21.1. The summed E-state index contributed by atoms with van der Waals surface area (Å²) in [6, 6.07) is 8.78. The Morgan fingerprint density at radius 1 is 1.21 bits per heavy atom. The lowest BCUT2D eigenvalue weighted by Crippen LogP contribution is -2.30. The maximum Gasteiger partial charge on any atom is 0.340 e. The van der Waals surface area contributed by atoms with Crippen molar-refractivity contribution in [3.8, 4) is 0 Å². The van der Waals surface area contributed by atoms with E-state index in [2.05, 4.69) is 5.32 Å². The van der Waals surface area contributed by atoms with Gasteiger partial charge in [-0.05, 0) is 31.2 Å². The molecule has 0 aliphatic rings. The van der Waals surface area contributed by atoms with Crippen LogP contribution in [0.15, 0.2) is 47.4 Å². The fraction of sp³-hybridized carbons (Fsp3) is 0.176. The molecule has 9 nitrogen and oxygen atoms in total. The molecule has 11 heteroatoms. The molecule has 0 bridgehead atoms. The van der Waals surface area contributed by atoms with Gasteiger partial charge in [-0.3, -0.25) is 14.9 Å². The van der Waals surface area contributed by atoms with E-state index in [1.165, 1.54) is 37.3 Å². The number of non-ortho nitro benzene ring substituents is 1. The highest BCUT2D eigenvalue weighted by Crippen LogP contribution is 2.22. The molecule has 2 rings (SSSR count). The number of halogens is 1. The number of benzene rings is 2. The lowest BCUT2D eigenvalue weighted by molar-refractivity contribution is -0.384. The first-order chi connectivity index (χ1) is 13.0. The number of hydrogen-bond donors (Lipinski definition) is 1. The first-order valence-electron chi connectivity index (χ1n) is 7.75. The van der Waals surface area contributed by atoms with Crippen LogP contribution in [0.4, 0.5) is 11.4 Å². The number of anilines is 1. The largest absolute Gasteiger partial charge is 0.449 e. The number of hydrogen-bond acceptors (Lipinski definition) is 7. The molecule has 2 aromatic rings. The molecule has 0 saturated carbocycles. The van der Waals surface area contributed by atoms with Gasteiger partial charge in [0, 0.05) is 24.1 Å². The zero-order valence-electron chi connectivity index (χ0n) is 14.7. The molecule has 0 aliphatic heterocycles. The Bertz CT molecular complexity index is 1050. The number of sulfone groups is 1. The van der Waals surface area contributed by atoms with Crippen LogP contribution in [-0.2, 0) is 19.4 Å². The van der Waals surface area contributed by atoms with Gasteiger partial charge < -0.3 is 10.1 Å². The highest BCUT2D eigenvalue weighted by atomic mass is 35.5. The molecule has 148 valence electrons. The molecule has 0 radical (unpaired) electrons. The number of nitrogens with zero attached hydrogens (tertiary/aromatic N) is 1. The van der Waals surface area contributed by atoms with E-state index in [1.807, 2.05) is 0 Å². The van der Waals surface area contributed by atoms with E-state index >= 15 is 0 Å². The van der Waals surface area contributed by atoms with Crippen molar-refractivity contribution < 1.29 is 27.7 Å². The summed E-state index contributed by atoms with van der Waals surface area (Å²) >= 11 is 5.92. The van der Waals surface area contributed by atoms with Gasteiger partial charge in [0.05, 0.1) is 20.4 Å². The molecule has 1 amide bonds. The lowest BCUT2D eigenvalue weighted by atomic mass is 10.2. The van der Waals surface area contributed by atoms with Gasteiger partial charge in [0.1, 0.15) is 0 Å². The minimum Gasteiger partial charge on any atom is -0.449 e. The molecule has 0 saturated heterocycles. The van der Waals surface area contributed by atoms with Crippen molar-refractivity contribution in [1.82, 2.24) is 0 Å². The van der Waals surface area contributed by atoms with Gasteiger partial charge in [-0.15, -0.1) is 0 Å². The van der Waals surface area contributed by atoms with Crippen LogP contribution in [0, 0.1) is 10.1 Å². The summed E-state index contributed by atoms with van der Waals surface area (Å²) in [6.45, 7) is 1.29. The van der Waals surface area contributed by atoms with Crippen LogP contribution < -0.4 is 5.32 Å². The predicted molar refractivity (Wildman–Crippen MR) is 101 cm³/mol. The Kier molecular flexibility index (Phi) is 6.37. The highest BCUT2D eigenvalue weighted by molar-refractivity contribution is 7.90. The fourth-order valence-corrected chi connectivity index (χ4v) is 2.95. The quantitative estimate of drug-likeness (QED) is 0.426. The number of carbonyl (C=O) groups excluding carboxylic acids is 2. The number of carbonyl (C=O) groups is 2. The van der Waals surface area contributed by atoms with E-state index in [0.717, 1.165) is 18.4 Å². The number of rotatable bonds is 6. The fourth-order valence-electron chi connectivity index (χ4n) is 2.11. The summed E-state index contributed by atoms with van der Waals surface area (Å²) in [7, 11) is -3.57. The Morgan fingerprint density at radius 2 is 1.89 bits per heavy atom. The Morgan fingerprint density at radius 3 is 2.50 bits per heavy atom. The summed E-state index contributed by atoms with van der Waals surface area (Å²) in [4.78, 5) is 34.5. The third kappa shape index (κ3) is 5.27. The second-order valence-corrected chi connectivity index (χ2v) is 8.18. The van der Waals surface area contributed by atoms with Crippen molar-refractivity contribution in [1.29, 1.82) is 0 Å². The molecular formula is C17H15ClN2O7S. The second-order valence-electron chi connectivity index (χ2n) is 5.76. The standard InChI is InChI=1S/C17H15ClN2O7S/c1-10(16(21)19-11-4-3-5-12(8-11)20(23)24)27-17(22)14-9-13(28(2,25)26)6-7-15(14)18/h3-10H,1-2H3,(H,19,21)/t10-/m1/s1. The molecule has 0 spiro atoms. The average Bonchev–Trinajstić information content (AvgIpc) is 2.61. The molecule has 0 aliphatic carbocycles. The van der Waals surface area contributed by atoms with Crippen molar-refractivity contribution in [2.45, 2.75) is 17.9 Å². The summed E-state index contributed by atoms with van der Waals surface area (Å²) in [6.07, 6.45) is -0.301. The van der Waals surface area contributed by atoms with Gasteiger partial charge in [-0.25, -0.2) is 13.2 Å². The van der Waals surface area contributed by atoms with Crippen LogP contribution in [0.25, 0.3) is 0 Å². The molecule has 0 unspecified atom stereocenters. The summed E-state index contributed by atoms with van der Waals surface area (Å²) in [5.74, 6) is -1.72. The molecule has 0 fully saturated rings. The lowest BCUT2D eigenvalue weighted by Gasteiger charge is -2.14. The number of ether oxygens (including phenoxy) is 1. The second kappa shape index (κ2) is 8.36. The van der Waals surface area contributed by atoms with E-state index in [-0.39, 0.29) is 26.9 Å². The minimum atomic E-state index is -3.57. The normalized spacial score (nSPS) is 12.1. The SMILES string of the molecule is C[C@@H](OC(=O)c1cc(S(C)(=O)=O)ccc1Cl)C(=O)Nc1cccc([N+](=O)[O-])c1. The van der Waals surface area contributed by atoms with Gasteiger partial charge in [0.15, 0.2) is 15.9 Å². The van der Waals surface area contributed by atoms with Crippen molar-refractivity contribution in [2.24, 2.45) is 0 Å². The van der Waals surface area contributed by atoms with Gasteiger partial charge >= 0.3 is 5.97 Å². The van der Waals surface area contributed by atoms with E-state index in [1.54, 1.807) is 0 Å². The number of nitrogens with one attached hydrogen (secondary N) is 1. The van der Waals surface area contributed by atoms with Gasteiger partial charge in [-0.2, -0.15) is 0 Å². The minimum absolute atomic E-state index is 0.0382. The van der Waals surface area contributed by atoms with Crippen molar-refractivity contribution in [3.05, 3.63) is 63.2 Å². The van der Waals surface area contributed by atoms with Crippen molar-refractivity contribution >= 4 is 44.7 Å². The molecule has 1 N–H and O–H groups in total. The van der Waals surface area contributed by atoms with Crippen LogP contribution in [0.5, 0.6) is 0 Å². The molecular weight excluding hydrogens is 412 g/mol. The number of esters is 1. The third-order valence-electron chi connectivity index (χ3n) is 3.56. The Balaban J connectivity index is 2.13. The molecule has 28 heavy (non-hydrogen) atoms. The topological polar surface area (TPSA) is 133 Å². The number of nitro benzene ring substituents is 1. The molecule has 2 aromatic carbocycles. The van der Waals surface area contributed by atoms with Crippen molar-refractivity contribution in [3.63, 3.8) is 0 Å². The van der Waals surface area contributed by atoms with Gasteiger partial charge in [0.25, 0.3) is 11.6 Å². The number of amides is 1. The summed E-state index contributed by atoms with van der Waals surface area (Å²) in [5, 5.41) is 13.1. The number of nitro groups is 1. The first kappa shape index (κ1) is 21.3. The Hall–Kier alpha value is -2.98. The third-order valence-corrected chi connectivity index (χ3v) is 5.00. The molecule has 0 aromatic heterocycles. The summed E-state index contributed by atoms with van der Waals surface area (Å²) in [5.41, 5.74) is -0.273. The van der Waals surface area contributed by atoms with E-state index in [4.69, 9.17) is 16.3 Å². The Labute approximate surface area is 165 Å². The first-order valence-corrected chi connectivity index (χ1v) is 10.0. The van der Waals surface area contributed by atoms with Crippen LogP contribution in [0.3, 0.4) is 0 Å². The monoisotopic (exact) mass is 426 g/mol. The van der Waals surface area contributed by atoms with Gasteiger partial charge in [0.2, 0.25) is 0 Å². The van der Waals surface area contributed by atoms with Crippen molar-refractivity contribution in [2.75, 3.05) is 11.6 Å². The molecule has 0 heterocycles. The van der Waals surface area contributed by atoms with E-state index in [0.29, 0.717) is 0 Å². The van der Waals surface area contributed by atoms with Crippen LogP contribution >= 0.6 is 11.6 Å². The maximum absolute atomic E-state index is 12.3. The van der Waals surface area contributed by atoms with Gasteiger partial charge in [-0.1, -0.05) is 17.7 Å². The smallest absolute Gasteiger partial charge is 0.340 e. The van der Waals surface area contributed by atoms with E-state index < -0.39 is 32.7 Å². The average molecular weight is 427 g/mol. The van der Waals surface area contributed by atoms with Crippen LogP contribution in [0.2, 0.25) is 5.02 Å². The summed E-state index contributed by atoms with van der Waals surface area (Å²) < 4.78 is 28.3. The van der Waals surface area contributed by atoms with Crippen LogP contribution in [-0.4, -0.2) is 37.6 Å². The predicted octanol–water partition coefficient (Wildman–Crippen LogP) is 2.84. The molecule has 1 atom stereocenters. The van der Waals surface area contributed by atoms with Crippen LogP contribution in [0.1, 0.15) is 17.3 Å².